The molecule has 2 aliphatic heterocycles. The third-order valence-corrected chi connectivity index (χ3v) is 7.59. The highest BCUT2D eigenvalue weighted by atomic mass is 16.2. The van der Waals surface area contributed by atoms with E-state index < -0.39 is 0 Å². The van der Waals surface area contributed by atoms with Crippen LogP contribution in [0.25, 0.3) is 0 Å². The van der Waals surface area contributed by atoms with Gasteiger partial charge < -0.3 is 26.7 Å². The monoisotopic (exact) mass is 504 g/mol. The number of piperazine rings is 1. The van der Waals surface area contributed by atoms with Gasteiger partial charge in [-0.2, -0.15) is 0 Å². The number of nitrogens with one attached hydrogen (secondary N) is 1. The molecule has 3 aliphatic rings. The number of carbonyl (C=O) groups excluding carboxylic acids is 2. The fraction of sp³-hybridized carbons (Fsp3) is 0.444. The number of rotatable bonds is 6. The Labute approximate surface area is 217 Å². The number of pyridine rings is 1. The van der Waals surface area contributed by atoms with E-state index in [9.17, 15) is 9.59 Å². The van der Waals surface area contributed by atoms with E-state index in [0.29, 0.717) is 18.9 Å². The zero-order chi connectivity index (χ0) is 25.9. The van der Waals surface area contributed by atoms with Crippen molar-refractivity contribution in [3.05, 3.63) is 65.1 Å². The largest absolute Gasteiger partial charge is 0.393 e. The summed E-state index contributed by atoms with van der Waals surface area (Å²) in [4.78, 5) is 34.4. The molecule has 3 heterocycles. The van der Waals surface area contributed by atoms with Gasteiger partial charge in [0.2, 0.25) is 5.91 Å². The van der Waals surface area contributed by atoms with E-state index in [4.69, 9.17) is 17.3 Å². The second kappa shape index (κ2) is 10.8. The fourth-order valence-electron chi connectivity index (χ4n) is 5.64. The molecule has 1 aliphatic carbocycles. The van der Waals surface area contributed by atoms with E-state index in [1.54, 1.807) is 6.07 Å². The molecule has 7 N–H and O–H groups in total. The van der Waals surface area contributed by atoms with Crippen LogP contribution in [0, 0.1) is 0 Å². The number of hydrogen-bond donors (Lipinski definition) is 4. The summed E-state index contributed by atoms with van der Waals surface area (Å²) >= 11 is 0. The van der Waals surface area contributed by atoms with E-state index in [1.807, 2.05) is 35.2 Å². The molecule has 2 saturated heterocycles. The number of amides is 2. The first-order valence-electron chi connectivity index (χ1n) is 13.1. The number of hydrogen-bond acceptors (Lipinski definition) is 8. The van der Waals surface area contributed by atoms with Crippen LogP contribution in [-0.2, 0) is 22.6 Å². The second-order valence-corrected chi connectivity index (χ2v) is 10.2. The van der Waals surface area contributed by atoms with Gasteiger partial charge in [-0.3, -0.25) is 14.5 Å². The summed E-state index contributed by atoms with van der Waals surface area (Å²) in [5, 5.41) is 4.35. The third kappa shape index (κ3) is 5.55. The number of aryl methyl sites for hydroxylation is 1. The van der Waals surface area contributed by atoms with Gasteiger partial charge in [-0.05, 0) is 61.6 Å². The molecule has 2 fully saturated rings. The van der Waals surface area contributed by atoms with Gasteiger partial charge in [0.25, 0.3) is 5.91 Å². The minimum Gasteiger partial charge on any atom is -0.393 e. The van der Waals surface area contributed by atoms with Gasteiger partial charge in [-0.15, -0.1) is 0 Å². The molecule has 1 aromatic carbocycles. The molecule has 0 saturated carbocycles. The average Bonchev–Trinajstić information content (AvgIpc) is 3.10. The van der Waals surface area contributed by atoms with Crippen molar-refractivity contribution in [2.45, 2.75) is 57.2 Å². The Balaban J connectivity index is 1.16. The fourth-order valence-corrected chi connectivity index (χ4v) is 5.64. The number of benzene rings is 1. The highest BCUT2D eigenvalue weighted by Gasteiger charge is 2.35. The lowest BCUT2D eigenvalue weighted by Gasteiger charge is -2.39. The summed E-state index contributed by atoms with van der Waals surface area (Å²) in [5.74, 6) is 6.44. The summed E-state index contributed by atoms with van der Waals surface area (Å²) in [6, 6.07) is 11.3. The molecule has 37 heavy (non-hydrogen) atoms. The Bertz CT molecular complexity index is 1180. The first kappa shape index (κ1) is 25.0. The lowest BCUT2D eigenvalue weighted by molar-refractivity contribution is -0.126. The van der Waals surface area contributed by atoms with Crippen LogP contribution in [0.4, 0.5) is 11.5 Å². The molecule has 2 atom stereocenters. The molecule has 0 radical (unpaired) electrons. The summed E-state index contributed by atoms with van der Waals surface area (Å²) in [6.45, 7) is 3.01. The molecular weight excluding hydrogens is 468 g/mol. The maximum absolute atomic E-state index is 13.2. The van der Waals surface area contributed by atoms with Crippen LogP contribution in [0.1, 0.15) is 55.0 Å². The maximum atomic E-state index is 13.2. The Morgan fingerprint density at radius 2 is 1.89 bits per heavy atom. The van der Waals surface area contributed by atoms with Gasteiger partial charge in [0.05, 0.1) is 18.6 Å². The van der Waals surface area contributed by atoms with Crippen molar-refractivity contribution >= 4 is 23.3 Å². The minimum atomic E-state index is -0.378. The lowest BCUT2D eigenvalue weighted by atomic mass is 10.1. The topological polar surface area (TPSA) is 147 Å². The predicted molar refractivity (Wildman–Crippen MR) is 142 cm³/mol. The first-order valence-corrected chi connectivity index (χ1v) is 13.1. The van der Waals surface area contributed by atoms with Gasteiger partial charge in [0.15, 0.2) is 0 Å². The van der Waals surface area contributed by atoms with Crippen molar-refractivity contribution in [3.63, 3.8) is 0 Å². The van der Waals surface area contributed by atoms with Gasteiger partial charge in [0.1, 0.15) is 11.5 Å². The summed E-state index contributed by atoms with van der Waals surface area (Å²) in [6.07, 6.45) is 7.38. The number of anilines is 2. The predicted octanol–water partition coefficient (Wildman–Crippen LogP) is 1.53. The van der Waals surface area contributed by atoms with Crippen LogP contribution in [0.5, 0.6) is 0 Å². The van der Waals surface area contributed by atoms with Crippen molar-refractivity contribution in [3.8, 4) is 0 Å². The molecule has 196 valence electrons. The Morgan fingerprint density at radius 1 is 1.08 bits per heavy atom. The van der Waals surface area contributed by atoms with E-state index in [1.165, 1.54) is 24.1 Å². The number of nitrogen functional groups attached to an aromatic ring is 1. The molecule has 10 nitrogen and oxygen atoms in total. The van der Waals surface area contributed by atoms with E-state index in [0.717, 1.165) is 61.3 Å². The molecule has 2 aromatic rings. The lowest BCUT2D eigenvalue weighted by Crippen LogP contribution is -2.56. The molecule has 2 unspecified atom stereocenters. The number of hydrazine groups is 1. The molecule has 5 rings (SSSR count). The smallest absolute Gasteiger partial charge is 0.269 e. The van der Waals surface area contributed by atoms with Gasteiger partial charge in [0, 0.05) is 30.7 Å². The molecule has 0 spiro atoms. The normalized spacial score (nSPS) is 22.2. The van der Waals surface area contributed by atoms with Crippen LogP contribution < -0.4 is 27.5 Å². The van der Waals surface area contributed by atoms with Crippen molar-refractivity contribution in [2.75, 3.05) is 30.3 Å². The van der Waals surface area contributed by atoms with Crippen LogP contribution in [0.3, 0.4) is 0 Å². The van der Waals surface area contributed by atoms with Crippen molar-refractivity contribution in [1.82, 2.24) is 20.2 Å². The Kier molecular flexibility index (Phi) is 7.29. The molecule has 0 bridgehead atoms. The van der Waals surface area contributed by atoms with Gasteiger partial charge in [-0.25, -0.2) is 10.8 Å². The Morgan fingerprint density at radius 3 is 2.70 bits per heavy atom. The second-order valence-electron chi connectivity index (χ2n) is 10.2. The molecule has 2 amide bonds. The van der Waals surface area contributed by atoms with Gasteiger partial charge in [-0.1, -0.05) is 31.0 Å². The number of nitrogens with two attached hydrogens (primary N) is 3. The Hall–Kier alpha value is -3.63. The first-order chi connectivity index (χ1) is 17.9. The molecular formula is C27H36N8O2. The molecule has 1 aromatic heterocycles. The quantitative estimate of drug-likeness (QED) is 0.263. The summed E-state index contributed by atoms with van der Waals surface area (Å²) in [5.41, 5.74) is 15.6. The van der Waals surface area contributed by atoms with Crippen molar-refractivity contribution in [1.29, 1.82) is 0 Å². The number of fused-ring (bicyclic) bond motifs is 2. The van der Waals surface area contributed by atoms with Crippen LogP contribution in [0.2, 0.25) is 0 Å². The van der Waals surface area contributed by atoms with Crippen LogP contribution >= 0.6 is 0 Å². The molecule has 10 heteroatoms. The zero-order valence-corrected chi connectivity index (χ0v) is 21.1. The standard InChI is InChI=1S/C27H36N8O2/c28-21(26(36)32-23-11-10-22-20(23)9-12-25(29)31-22)17-34(30)16-18-5-7-19(8-6-18)35-15-14-33-13-3-1-2-4-24(33)27(35)37/h5-9,12,17,23-24H,1-4,10-11,13-16,28,30H2,(H2,29,31)(H,32,36)/b21-17-. The number of nitrogens with zero attached hydrogens (tertiary/aromatic N) is 4. The van der Waals surface area contributed by atoms with Crippen LogP contribution in [0.15, 0.2) is 48.3 Å². The summed E-state index contributed by atoms with van der Waals surface area (Å²) in [7, 11) is 0. The van der Waals surface area contributed by atoms with E-state index in [-0.39, 0.29) is 29.6 Å². The number of aromatic nitrogens is 1. The average molecular weight is 505 g/mol. The van der Waals surface area contributed by atoms with E-state index in [2.05, 4.69) is 15.2 Å². The minimum absolute atomic E-state index is 0.00169. The van der Waals surface area contributed by atoms with Crippen LogP contribution in [-0.4, -0.2) is 52.4 Å². The van der Waals surface area contributed by atoms with Crippen molar-refractivity contribution < 1.29 is 9.59 Å². The number of carbonyl (C=O) groups is 2. The highest BCUT2D eigenvalue weighted by Crippen LogP contribution is 2.30. The van der Waals surface area contributed by atoms with Gasteiger partial charge >= 0.3 is 0 Å². The van der Waals surface area contributed by atoms with Crippen molar-refractivity contribution in [2.24, 2.45) is 11.6 Å². The SMILES string of the molecule is N/C(=C\N(N)Cc1ccc(N2CCN3CCCCCC3C2=O)cc1)C(=O)NC1CCc2nc(N)ccc21. The maximum Gasteiger partial charge on any atom is 0.269 e. The van der Waals surface area contributed by atoms with E-state index >= 15 is 0 Å². The third-order valence-electron chi connectivity index (χ3n) is 7.59. The highest BCUT2D eigenvalue weighted by molar-refractivity contribution is 5.98. The summed E-state index contributed by atoms with van der Waals surface area (Å²) < 4.78 is 0. The zero-order valence-electron chi connectivity index (χ0n) is 21.1.